The molecule has 2 rings (SSSR count). The van der Waals surface area contributed by atoms with E-state index < -0.39 is 10.9 Å². The number of aromatic carboxylic acids is 1. The van der Waals surface area contributed by atoms with Crippen LogP contribution in [0.15, 0.2) is 36.5 Å². The van der Waals surface area contributed by atoms with Crippen LogP contribution < -0.4 is 4.74 Å². The van der Waals surface area contributed by atoms with Gasteiger partial charge in [0.2, 0.25) is 11.6 Å². The van der Waals surface area contributed by atoms with Gasteiger partial charge in [0.1, 0.15) is 0 Å². The summed E-state index contributed by atoms with van der Waals surface area (Å²) in [5.74, 6) is -0.958. The maximum atomic E-state index is 11.0. The number of aryl methyl sites for hydroxylation is 1. The third kappa shape index (κ3) is 2.72. The highest BCUT2D eigenvalue weighted by atomic mass is 16.6. The second kappa shape index (κ2) is 5.35. The van der Waals surface area contributed by atoms with Crippen molar-refractivity contribution in [2.24, 2.45) is 0 Å². The number of ether oxygens (including phenoxy) is 1. The molecule has 7 nitrogen and oxygen atoms in total. The van der Waals surface area contributed by atoms with Gasteiger partial charge in [-0.3, -0.25) is 10.1 Å². The number of pyridine rings is 1. The number of carboxylic acids is 1. The average molecular weight is 274 g/mol. The number of benzene rings is 1. The van der Waals surface area contributed by atoms with Gasteiger partial charge in [-0.2, -0.15) is 0 Å². The van der Waals surface area contributed by atoms with Gasteiger partial charge in [-0.15, -0.1) is 0 Å². The number of carbonyl (C=O) groups is 1. The second-order valence-corrected chi connectivity index (χ2v) is 3.97. The summed E-state index contributed by atoms with van der Waals surface area (Å²) in [5, 5.41) is 19.8. The molecule has 1 aromatic carbocycles. The van der Waals surface area contributed by atoms with Gasteiger partial charge in [-0.05, 0) is 19.1 Å². The van der Waals surface area contributed by atoms with Crippen molar-refractivity contribution >= 4 is 11.7 Å². The Hall–Kier alpha value is -2.96. The van der Waals surface area contributed by atoms with E-state index in [9.17, 15) is 14.9 Å². The molecule has 102 valence electrons. The predicted molar refractivity (Wildman–Crippen MR) is 69.1 cm³/mol. The number of rotatable bonds is 4. The van der Waals surface area contributed by atoms with Gasteiger partial charge in [0.15, 0.2) is 0 Å². The fourth-order valence-corrected chi connectivity index (χ4v) is 1.63. The third-order valence-corrected chi connectivity index (χ3v) is 2.58. The summed E-state index contributed by atoms with van der Waals surface area (Å²) >= 11 is 0. The summed E-state index contributed by atoms with van der Waals surface area (Å²) in [6, 6.07) is 7.34. The molecule has 0 spiro atoms. The van der Waals surface area contributed by atoms with Crippen LogP contribution in [0, 0.1) is 17.0 Å². The lowest BCUT2D eigenvalue weighted by Gasteiger charge is -2.06. The van der Waals surface area contributed by atoms with E-state index in [2.05, 4.69) is 4.98 Å². The summed E-state index contributed by atoms with van der Waals surface area (Å²) in [5.41, 5.74) is 0.336. The van der Waals surface area contributed by atoms with Crippen molar-refractivity contribution in [3.05, 3.63) is 57.8 Å². The van der Waals surface area contributed by atoms with Crippen molar-refractivity contribution in [2.45, 2.75) is 6.92 Å². The molecule has 0 saturated carbocycles. The molecular formula is C13H10N2O5. The lowest BCUT2D eigenvalue weighted by atomic mass is 10.2. The van der Waals surface area contributed by atoms with E-state index in [-0.39, 0.29) is 22.9 Å². The van der Waals surface area contributed by atoms with Crippen molar-refractivity contribution in [3.8, 4) is 11.6 Å². The third-order valence-electron chi connectivity index (χ3n) is 2.58. The first kappa shape index (κ1) is 13.5. The van der Waals surface area contributed by atoms with E-state index in [4.69, 9.17) is 9.84 Å². The molecule has 0 aliphatic rings. The number of hydrogen-bond acceptors (Lipinski definition) is 5. The molecule has 1 heterocycles. The van der Waals surface area contributed by atoms with Gasteiger partial charge >= 0.3 is 11.7 Å². The van der Waals surface area contributed by atoms with Gasteiger partial charge in [0.25, 0.3) is 0 Å². The molecule has 0 atom stereocenters. The highest BCUT2D eigenvalue weighted by Gasteiger charge is 2.19. The Balaban J connectivity index is 2.33. The normalized spacial score (nSPS) is 10.1. The van der Waals surface area contributed by atoms with Gasteiger partial charge < -0.3 is 9.84 Å². The van der Waals surface area contributed by atoms with Crippen LogP contribution >= 0.6 is 0 Å². The minimum absolute atomic E-state index is 0.0103. The Morgan fingerprint density at radius 1 is 1.35 bits per heavy atom. The van der Waals surface area contributed by atoms with Crippen molar-refractivity contribution < 1.29 is 19.6 Å². The molecule has 0 aliphatic carbocycles. The van der Waals surface area contributed by atoms with E-state index in [1.807, 2.05) is 0 Å². The number of carboxylic acid groups (broad SMARTS) is 1. The van der Waals surface area contributed by atoms with Crippen LogP contribution in [0.5, 0.6) is 11.6 Å². The number of aromatic nitrogens is 1. The molecule has 0 radical (unpaired) electrons. The number of nitro groups is 1. The predicted octanol–water partition coefficient (Wildman–Crippen LogP) is 2.79. The van der Waals surface area contributed by atoms with Crippen LogP contribution in [0.4, 0.5) is 5.69 Å². The molecule has 0 saturated heterocycles. The monoisotopic (exact) mass is 274 g/mol. The van der Waals surface area contributed by atoms with Crippen LogP contribution in [0.25, 0.3) is 0 Å². The molecule has 1 N–H and O–H groups in total. The smallest absolute Gasteiger partial charge is 0.337 e. The molecular weight excluding hydrogens is 264 g/mol. The zero-order valence-electron chi connectivity index (χ0n) is 10.4. The van der Waals surface area contributed by atoms with Crippen LogP contribution in [0.2, 0.25) is 0 Å². The van der Waals surface area contributed by atoms with Gasteiger partial charge in [0, 0.05) is 17.8 Å². The van der Waals surface area contributed by atoms with Crippen LogP contribution in [-0.4, -0.2) is 21.0 Å². The Labute approximate surface area is 113 Å². The molecule has 2 aromatic rings. The van der Waals surface area contributed by atoms with Crippen molar-refractivity contribution in [1.82, 2.24) is 4.98 Å². The lowest BCUT2D eigenvalue weighted by molar-refractivity contribution is -0.386. The van der Waals surface area contributed by atoms with Crippen molar-refractivity contribution in [3.63, 3.8) is 0 Å². The summed E-state index contributed by atoms with van der Waals surface area (Å²) in [7, 11) is 0. The molecule has 0 bridgehead atoms. The maximum absolute atomic E-state index is 11.0. The van der Waals surface area contributed by atoms with Crippen LogP contribution in [-0.2, 0) is 0 Å². The number of nitrogens with zero attached hydrogens (tertiary/aromatic N) is 2. The summed E-state index contributed by atoms with van der Waals surface area (Å²) in [6.45, 7) is 1.60. The van der Waals surface area contributed by atoms with Crippen molar-refractivity contribution in [1.29, 1.82) is 0 Å². The first-order chi connectivity index (χ1) is 9.49. The standard InChI is InChI=1S/C13H10N2O5/c1-8-3-2-4-10(12(8)15(18)19)20-11-6-5-9(7-14-11)13(16)17/h2-7H,1H3,(H,16,17). The minimum atomic E-state index is -1.11. The molecule has 20 heavy (non-hydrogen) atoms. The lowest BCUT2D eigenvalue weighted by Crippen LogP contribution is -1.99. The van der Waals surface area contributed by atoms with Gasteiger partial charge in [-0.1, -0.05) is 12.1 Å². The van der Waals surface area contributed by atoms with E-state index in [1.165, 1.54) is 18.2 Å². The Kier molecular flexibility index (Phi) is 3.60. The van der Waals surface area contributed by atoms with Crippen LogP contribution in [0.1, 0.15) is 15.9 Å². The largest absolute Gasteiger partial charge is 0.478 e. The highest BCUT2D eigenvalue weighted by Crippen LogP contribution is 2.33. The topological polar surface area (TPSA) is 103 Å². The zero-order valence-corrected chi connectivity index (χ0v) is 10.4. The molecule has 0 amide bonds. The average Bonchev–Trinajstić information content (AvgIpc) is 2.39. The fraction of sp³-hybridized carbons (Fsp3) is 0.0769. The summed E-state index contributed by atoms with van der Waals surface area (Å²) in [4.78, 5) is 25.0. The quantitative estimate of drug-likeness (QED) is 0.679. The highest BCUT2D eigenvalue weighted by molar-refractivity contribution is 5.87. The first-order valence-corrected chi connectivity index (χ1v) is 5.60. The van der Waals surface area contributed by atoms with Gasteiger partial charge in [0.05, 0.1) is 10.5 Å². The molecule has 1 aromatic heterocycles. The summed E-state index contributed by atoms with van der Waals surface area (Å²) < 4.78 is 5.34. The second-order valence-electron chi connectivity index (χ2n) is 3.97. The van der Waals surface area contributed by atoms with E-state index in [1.54, 1.807) is 19.1 Å². The van der Waals surface area contributed by atoms with E-state index in [0.29, 0.717) is 5.56 Å². The van der Waals surface area contributed by atoms with Crippen molar-refractivity contribution in [2.75, 3.05) is 0 Å². The zero-order chi connectivity index (χ0) is 14.7. The molecule has 0 fully saturated rings. The van der Waals surface area contributed by atoms with E-state index in [0.717, 1.165) is 6.20 Å². The Morgan fingerprint density at radius 2 is 2.10 bits per heavy atom. The number of para-hydroxylation sites is 1. The SMILES string of the molecule is Cc1cccc(Oc2ccc(C(=O)O)cn2)c1[N+](=O)[O-]. The maximum Gasteiger partial charge on any atom is 0.337 e. The van der Waals surface area contributed by atoms with Crippen LogP contribution in [0.3, 0.4) is 0 Å². The first-order valence-electron chi connectivity index (χ1n) is 5.60. The molecule has 7 heteroatoms. The number of hydrogen-bond donors (Lipinski definition) is 1. The molecule has 0 unspecified atom stereocenters. The Bertz CT molecular complexity index is 667. The molecule has 0 aliphatic heterocycles. The van der Waals surface area contributed by atoms with E-state index >= 15 is 0 Å². The summed E-state index contributed by atoms with van der Waals surface area (Å²) in [6.07, 6.45) is 1.12. The fourth-order valence-electron chi connectivity index (χ4n) is 1.63. The number of nitro benzene ring substituents is 1. The Morgan fingerprint density at radius 3 is 2.65 bits per heavy atom. The van der Waals surface area contributed by atoms with Gasteiger partial charge in [-0.25, -0.2) is 9.78 Å². The minimum Gasteiger partial charge on any atom is -0.478 e.